The fourth-order valence-electron chi connectivity index (χ4n) is 2.18. The third kappa shape index (κ3) is 5.03. The van der Waals surface area contributed by atoms with Gasteiger partial charge in [-0.15, -0.1) is 0 Å². The molecule has 0 bridgehead atoms. The van der Waals surface area contributed by atoms with E-state index in [9.17, 15) is 9.90 Å². The van der Waals surface area contributed by atoms with Gasteiger partial charge in [-0.25, -0.2) is 4.98 Å². The lowest BCUT2D eigenvalue weighted by atomic mass is 10.2. The number of aromatic nitrogens is 2. The summed E-state index contributed by atoms with van der Waals surface area (Å²) < 4.78 is 0. The number of rotatable bonds is 7. The van der Waals surface area contributed by atoms with Gasteiger partial charge in [-0.1, -0.05) is 12.1 Å². The molecule has 23 heavy (non-hydrogen) atoms. The normalized spacial score (nSPS) is 11.8. The molecule has 6 heteroatoms. The quantitative estimate of drug-likeness (QED) is 0.801. The van der Waals surface area contributed by atoms with E-state index in [2.05, 4.69) is 15.3 Å². The molecular formula is C17H22N4O2. The molecule has 122 valence electrons. The Bertz CT molecular complexity index is 632. The van der Waals surface area contributed by atoms with Gasteiger partial charge in [0, 0.05) is 50.2 Å². The van der Waals surface area contributed by atoms with Crippen LogP contribution < -0.4 is 10.2 Å². The van der Waals surface area contributed by atoms with Gasteiger partial charge in [0.25, 0.3) is 0 Å². The Hall–Kier alpha value is -2.47. The molecule has 2 N–H and O–H groups in total. The fourth-order valence-corrected chi connectivity index (χ4v) is 2.18. The first-order chi connectivity index (χ1) is 11.1. The minimum Gasteiger partial charge on any atom is -0.384 e. The number of aliphatic hydroxyl groups is 1. The minimum absolute atomic E-state index is 0.334. The molecule has 1 atom stereocenters. The molecule has 0 saturated heterocycles. The first-order valence-electron chi connectivity index (χ1n) is 7.58. The zero-order chi connectivity index (χ0) is 16.7. The molecule has 0 aliphatic carbocycles. The molecular weight excluding hydrogens is 292 g/mol. The second-order valence-electron chi connectivity index (χ2n) is 5.37. The number of nitrogens with zero attached hydrogens (tertiary/aromatic N) is 3. The number of amides is 1. The average molecular weight is 314 g/mol. The standard InChI is InChI=1S/C17H22N4O2/c1-13(22)17(23)20-12-14-6-5-10-19-16(14)21(2)11-8-15-7-3-4-9-18-15/h3-7,9-10,13,22H,8,11-12H2,1-2H3,(H,20,23). The second kappa shape index (κ2) is 8.24. The van der Waals surface area contributed by atoms with Crippen molar-refractivity contribution in [2.24, 2.45) is 0 Å². The van der Waals surface area contributed by atoms with Crippen LogP contribution >= 0.6 is 0 Å². The summed E-state index contributed by atoms with van der Waals surface area (Å²) >= 11 is 0. The van der Waals surface area contributed by atoms with Gasteiger partial charge < -0.3 is 15.3 Å². The van der Waals surface area contributed by atoms with Crippen molar-refractivity contribution in [3.63, 3.8) is 0 Å². The van der Waals surface area contributed by atoms with Gasteiger partial charge >= 0.3 is 0 Å². The summed E-state index contributed by atoms with van der Waals surface area (Å²) in [4.78, 5) is 22.3. The van der Waals surface area contributed by atoms with Crippen LogP contribution in [0.2, 0.25) is 0 Å². The predicted molar refractivity (Wildman–Crippen MR) is 89.0 cm³/mol. The maximum absolute atomic E-state index is 11.5. The highest BCUT2D eigenvalue weighted by Gasteiger charge is 2.12. The van der Waals surface area contributed by atoms with Crippen LogP contribution in [-0.2, 0) is 17.8 Å². The van der Waals surface area contributed by atoms with Crippen molar-refractivity contribution in [2.45, 2.75) is 26.0 Å². The first-order valence-corrected chi connectivity index (χ1v) is 7.58. The monoisotopic (exact) mass is 314 g/mol. The van der Waals surface area contributed by atoms with Crippen LogP contribution in [-0.4, -0.2) is 40.7 Å². The van der Waals surface area contributed by atoms with Gasteiger partial charge in [-0.05, 0) is 25.1 Å². The van der Waals surface area contributed by atoms with Crippen LogP contribution in [0.4, 0.5) is 5.82 Å². The summed E-state index contributed by atoms with van der Waals surface area (Å²) in [6, 6.07) is 9.62. The zero-order valence-electron chi connectivity index (χ0n) is 13.4. The molecule has 2 heterocycles. The van der Waals surface area contributed by atoms with E-state index in [1.165, 1.54) is 6.92 Å². The number of likely N-dealkylation sites (N-methyl/N-ethyl adjacent to an activating group) is 1. The largest absolute Gasteiger partial charge is 0.384 e. The van der Waals surface area contributed by atoms with E-state index >= 15 is 0 Å². The average Bonchev–Trinajstić information content (AvgIpc) is 2.58. The summed E-state index contributed by atoms with van der Waals surface area (Å²) in [6.45, 7) is 2.55. The van der Waals surface area contributed by atoms with Crippen LogP contribution in [0.3, 0.4) is 0 Å². The van der Waals surface area contributed by atoms with Crippen molar-refractivity contribution in [3.05, 3.63) is 54.0 Å². The van der Waals surface area contributed by atoms with Crippen LogP contribution in [0.15, 0.2) is 42.7 Å². The Kier molecular flexibility index (Phi) is 6.05. The van der Waals surface area contributed by atoms with E-state index < -0.39 is 12.0 Å². The molecule has 1 amide bonds. The summed E-state index contributed by atoms with van der Waals surface area (Å²) in [7, 11) is 1.96. The minimum atomic E-state index is -1.02. The third-order valence-electron chi connectivity index (χ3n) is 3.49. The van der Waals surface area contributed by atoms with Crippen LogP contribution in [0, 0.1) is 0 Å². The maximum Gasteiger partial charge on any atom is 0.248 e. The Labute approximate surface area is 136 Å². The number of pyridine rings is 2. The Morgan fingerprint density at radius 1 is 1.26 bits per heavy atom. The van der Waals surface area contributed by atoms with Crippen LogP contribution in [0.1, 0.15) is 18.2 Å². The van der Waals surface area contributed by atoms with Crippen LogP contribution in [0.25, 0.3) is 0 Å². The molecule has 0 saturated carbocycles. The van der Waals surface area contributed by atoms with Gasteiger partial charge in [-0.2, -0.15) is 0 Å². The Balaban J connectivity index is 1.99. The lowest BCUT2D eigenvalue weighted by Gasteiger charge is -2.21. The van der Waals surface area contributed by atoms with Crippen molar-refractivity contribution < 1.29 is 9.90 Å². The highest BCUT2D eigenvalue weighted by Crippen LogP contribution is 2.16. The van der Waals surface area contributed by atoms with Gasteiger partial charge in [-0.3, -0.25) is 9.78 Å². The molecule has 0 fully saturated rings. The molecule has 0 aromatic carbocycles. The number of hydrogen-bond donors (Lipinski definition) is 2. The van der Waals surface area contributed by atoms with Gasteiger partial charge in [0.05, 0.1) is 0 Å². The Morgan fingerprint density at radius 3 is 2.74 bits per heavy atom. The molecule has 0 spiro atoms. The molecule has 0 radical (unpaired) electrons. The molecule has 6 nitrogen and oxygen atoms in total. The van der Waals surface area contributed by atoms with Crippen molar-refractivity contribution in [3.8, 4) is 0 Å². The van der Waals surface area contributed by atoms with Crippen molar-refractivity contribution in [2.75, 3.05) is 18.5 Å². The van der Waals surface area contributed by atoms with E-state index in [1.54, 1.807) is 12.4 Å². The van der Waals surface area contributed by atoms with Gasteiger partial charge in [0.1, 0.15) is 11.9 Å². The number of carbonyl (C=O) groups excluding carboxylic acids is 1. The zero-order valence-corrected chi connectivity index (χ0v) is 13.4. The van der Waals surface area contributed by atoms with E-state index in [0.29, 0.717) is 6.54 Å². The number of anilines is 1. The molecule has 1 unspecified atom stereocenters. The van der Waals surface area contributed by atoms with Crippen molar-refractivity contribution in [1.29, 1.82) is 0 Å². The SMILES string of the molecule is CC(O)C(=O)NCc1cccnc1N(C)CCc1ccccn1. The smallest absolute Gasteiger partial charge is 0.248 e. The van der Waals surface area contributed by atoms with Crippen molar-refractivity contribution >= 4 is 11.7 Å². The highest BCUT2D eigenvalue weighted by atomic mass is 16.3. The fraction of sp³-hybridized carbons (Fsp3) is 0.353. The summed E-state index contributed by atoms with van der Waals surface area (Å²) in [6.07, 6.45) is 3.31. The summed E-state index contributed by atoms with van der Waals surface area (Å²) in [5, 5.41) is 11.9. The van der Waals surface area contributed by atoms with E-state index in [-0.39, 0.29) is 0 Å². The summed E-state index contributed by atoms with van der Waals surface area (Å²) in [5.74, 6) is 0.422. The number of nitrogens with one attached hydrogen (secondary N) is 1. The molecule has 0 aliphatic rings. The van der Waals surface area contributed by atoms with Gasteiger partial charge in [0.2, 0.25) is 5.91 Å². The third-order valence-corrected chi connectivity index (χ3v) is 3.49. The van der Waals surface area contributed by atoms with Gasteiger partial charge in [0.15, 0.2) is 0 Å². The molecule has 2 aromatic heterocycles. The summed E-state index contributed by atoms with van der Waals surface area (Å²) in [5.41, 5.74) is 1.93. The van der Waals surface area contributed by atoms with E-state index in [0.717, 1.165) is 30.0 Å². The highest BCUT2D eigenvalue weighted by molar-refractivity contribution is 5.80. The topological polar surface area (TPSA) is 78.3 Å². The maximum atomic E-state index is 11.5. The predicted octanol–water partition coefficient (Wildman–Crippen LogP) is 1.15. The molecule has 0 aliphatic heterocycles. The second-order valence-corrected chi connectivity index (χ2v) is 5.37. The van der Waals surface area contributed by atoms with Crippen molar-refractivity contribution in [1.82, 2.24) is 15.3 Å². The van der Waals surface area contributed by atoms with Crippen LogP contribution in [0.5, 0.6) is 0 Å². The van der Waals surface area contributed by atoms with E-state index in [4.69, 9.17) is 0 Å². The number of hydrogen-bond acceptors (Lipinski definition) is 5. The molecule has 2 aromatic rings. The molecule has 2 rings (SSSR count). The first kappa shape index (κ1) is 16.9. The number of carbonyl (C=O) groups is 1. The lowest BCUT2D eigenvalue weighted by molar-refractivity contribution is -0.128. The lowest BCUT2D eigenvalue weighted by Crippen LogP contribution is -2.33. The number of aliphatic hydroxyl groups excluding tert-OH is 1. The Morgan fingerprint density at radius 2 is 2.04 bits per heavy atom. The van der Waals surface area contributed by atoms with E-state index in [1.807, 2.05) is 42.3 Å².